The molecule has 1 aromatic carbocycles. The summed E-state index contributed by atoms with van der Waals surface area (Å²) in [5, 5.41) is 5.97. The molecule has 0 radical (unpaired) electrons. The number of aromatic amines is 1. The molecule has 3 aromatic rings. The summed E-state index contributed by atoms with van der Waals surface area (Å²) in [6.45, 7) is 11.9. The topological polar surface area (TPSA) is 95.9 Å². The number of likely N-dealkylation sites (N-methyl/N-ethyl adjacent to an activating group) is 1. The largest absolute Gasteiger partial charge is 0.444 e. The van der Waals surface area contributed by atoms with Crippen molar-refractivity contribution in [2.75, 3.05) is 44.7 Å². The quantitative estimate of drug-likeness (QED) is 0.363. The Hall–Kier alpha value is -3.51. The maximum Gasteiger partial charge on any atom is 0.410 e. The van der Waals surface area contributed by atoms with Crippen LogP contribution >= 0.6 is 0 Å². The first-order chi connectivity index (χ1) is 22.2. The average Bonchev–Trinajstić information content (AvgIpc) is 3.40. The van der Waals surface area contributed by atoms with Crippen molar-refractivity contribution in [1.29, 1.82) is 0 Å². The minimum atomic E-state index is -2.68. The predicted octanol–water partition coefficient (Wildman–Crippen LogP) is 6.00. The number of ether oxygens (including phenoxy) is 2. The van der Waals surface area contributed by atoms with Crippen molar-refractivity contribution in [3.63, 3.8) is 0 Å². The Balaban J connectivity index is 1.09. The minimum Gasteiger partial charge on any atom is -0.444 e. The van der Waals surface area contributed by atoms with Gasteiger partial charge in [-0.05, 0) is 71.6 Å². The number of alkyl halides is 2. The van der Waals surface area contributed by atoms with Crippen LogP contribution in [0.3, 0.4) is 0 Å². The van der Waals surface area contributed by atoms with E-state index in [2.05, 4.69) is 9.88 Å². The lowest BCUT2D eigenvalue weighted by atomic mass is 9.87. The van der Waals surface area contributed by atoms with Gasteiger partial charge in [-0.2, -0.15) is 5.10 Å². The van der Waals surface area contributed by atoms with E-state index < -0.39 is 22.9 Å². The zero-order chi connectivity index (χ0) is 33.5. The van der Waals surface area contributed by atoms with E-state index >= 15 is 0 Å². The van der Waals surface area contributed by atoms with Crippen LogP contribution in [0, 0.1) is 11.3 Å². The van der Waals surface area contributed by atoms with Gasteiger partial charge in [-0.1, -0.05) is 13.0 Å². The molecule has 7 rings (SSSR count). The molecule has 2 saturated heterocycles. The second-order valence-corrected chi connectivity index (χ2v) is 15.0. The number of rotatable bonds is 5. The number of benzene rings is 1. The smallest absolute Gasteiger partial charge is 0.410 e. The van der Waals surface area contributed by atoms with Gasteiger partial charge in [-0.3, -0.25) is 9.69 Å². The number of fused-ring (bicyclic) bond motifs is 3. The molecule has 47 heavy (non-hydrogen) atoms. The molecule has 12 heteroatoms. The monoisotopic (exact) mass is 652 g/mol. The number of halogens is 2. The summed E-state index contributed by atoms with van der Waals surface area (Å²) in [6.07, 6.45) is 2.85. The number of hydrogen-bond acceptors (Lipinski definition) is 6. The van der Waals surface area contributed by atoms with Crippen LogP contribution in [0.5, 0.6) is 0 Å². The van der Waals surface area contributed by atoms with Gasteiger partial charge >= 0.3 is 6.09 Å². The van der Waals surface area contributed by atoms with Crippen molar-refractivity contribution in [2.45, 2.75) is 90.5 Å². The van der Waals surface area contributed by atoms with Crippen molar-refractivity contribution in [2.24, 2.45) is 11.3 Å². The Morgan fingerprint density at radius 1 is 1.15 bits per heavy atom. The van der Waals surface area contributed by atoms with Gasteiger partial charge in [0.05, 0.1) is 11.7 Å². The lowest BCUT2D eigenvalue weighted by Gasteiger charge is -2.38. The number of amides is 2. The van der Waals surface area contributed by atoms with Crippen LogP contribution in [-0.4, -0.2) is 94.0 Å². The fourth-order valence-corrected chi connectivity index (χ4v) is 7.73. The standard InChI is InChI=1S/C35H46F2N6O4/c1-21(41-12-14-42(15-13-41)32(45)47-33(2,3)4)31(44)40(6)23-11-10-22-17-26(38-25(22)18-23)30-24-19-28-34(5,35(28,36)37)20-27(24)43(39-30)29-9-7-8-16-46-29/h10-11,17-18,21,28-29,38H,7-9,12-16,19-20H2,1-6H3/t21-,28-,29?,34+/m0/s1. The van der Waals surface area contributed by atoms with Gasteiger partial charge < -0.3 is 24.3 Å². The number of carbonyl (C=O) groups excluding carboxylic acids is 2. The molecule has 4 heterocycles. The zero-order valence-electron chi connectivity index (χ0n) is 28.2. The number of piperazine rings is 1. The van der Waals surface area contributed by atoms with E-state index in [0.29, 0.717) is 51.3 Å². The van der Waals surface area contributed by atoms with Crippen LogP contribution in [0.1, 0.15) is 71.4 Å². The van der Waals surface area contributed by atoms with Crippen molar-refractivity contribution < 1.29 is 27.8 Å². The fourth-order valence-electron chi connectivity index (χ4n) is 7.73. The van der Waals surface area contributed by atoms with Gasteiger partial charge in [-0.15, -0.1) is 0 Å². The third-order valence-corrected chi connectivity index (χ3v) is 10.8. The molecule has 0 bridgehead atoms. The zero-order valence-corrected chi connectivity index (χ0v) is 28.2. The number of carbonyl (C=O) groups is 2. The maximum absolute atomic E-state index is 14.9. The number of aromatic nitrogens is 3. The van der Waals surface area contributed by atoms with Gasteiger partial charge in [0.2, 0.25) is 5.91 Å². The number of anilines is 1. The summed E-state index contributed by atoms with van der Waals surface area (Å²) in [6, 6.07) is 7.48. The third-order valence-electron chi connectivity index (χ3n) is 10.8. The van der Waals surface area contributed by atoms with Crippen LogP contribution in [-0.2, 0) is 27.1 Å². The lowest BCUT2D eigenvalue weighted by Crippen LogP contribution is -2.55. The molecular formula is C35H46F2N6O4. The number of H-pyrrole nitrogens is 1. The molecule has 2 amide bonds. The van der Waals surface area contributed by atoms with E-state index in [1.165, 1.54) is 0 Å². The Morgan fingerprint density at radius 2 is 1.89 bits per heavy atom. The Kier molecular flexibility index (Phi) is 7.70. The van der Waals surface area contributed by atoms with E-state index in [1.807, 2.05) is 56.6 Å². The highest BCUT2D eigenvalue weighted by atomic mass is 19.3. The van der Waals surface area contributed by atoms with E-state index in [1.54, 1.807) is 23.8 Å². The number of hydrogen-bond donors (Lipinski definition) is 1. The second-order valence-electron chi connectivity index (χ2n) is 15.0. The normalized spacial score (nSPS) is 26.4. The molecule has 3 fully saturated rings. The second kappa shape index (κ2) is 11.3. The van der Waals surface area contributed by atoms with Crippen LogP contribution in [0.2, 0.25) is 0 Å². The maximum atomic E-state index is 14.9. The fraction of sp³-hybridized carbons (Fsp3) is 0.629. The molecule has 2 aromatic heterocycles. The first-order valence-electron chi connectivity index (χ1n) is 16.9. The summed E-state index contributed by atoms with van der Waals surface area (Å²) < 4.78 is 43.3. The number of nitrogens with zero attached hydrogens (tertiary/aromatic N) is 5. The highest BCUT2D eigenvalue weighted by molar-refractivity contribution is 5.99. The summed E-state index contributed by atoms with van der Waals surface area (Å²) >= 11 is 0. The van der Waals surface area contributed by atoms with Crippen LogP contribution in [0.25, 0.3) is 22.3 Å². The summed E-state index contributed by atoms with van der Waals surface area (Å²) in [4.78, 5) is 35.0. The van der Waals surface area contributed by atoms with Gasteiger partial charge in [0.15, 0.2) is 0 Å². The van der Waals surface area contributed by atoms with Gasteiger partial charge in [0, 0.05) is 85.4 Å². The van der Waals surface area contributed by atoms with Crippen molar-refractivity contribution in [3.05, 3.63) is 35.5 Å². The highest BCUT2D eigenvalue weighted by Crippen LogP contribution is 2.70. The molecule has 4 aliphatic rings. The molecule has 1 saturated carbocycles. The van der Waals surface area contributed by atoms with Gasteiger partial charge in [-0.25, -0.2) is 18.3 Å². The number of nitrogens with one attached hydrogen (secondary N) is 1. The lowest BCUT2D eigenvalue weighted by molar-refractivity contribution is -0.123. The SMILES string of the molecule is C[C@@H](C(=O)N(C)c1ccc2cc(-c3nn(C4CCCCO4)c4c3C[C@@H]3C(F)(F)[C@]3(C)C4)[nH]c2c1)N1CCN(C(=O)OC(C)(C)C)CC1. The van der Waals surface area contributed by atoms with Gasteiger partial charge in [0.1, 0.15) is 17.5 Å². The van der Waals surface area contributed by atoms with Crippen molar-refractivity contribution in [1.82, 2.24) is 24.6 Å². The van der Waals surface area contributed by atoms with Crippen LogP contribution in [0.15, 0.2) is 24.3 Å². The molecule has 10 nitrogen and oxygen atoms in total. The molecule has 1 N–H and O–H groups in total. The molecular weight excluding hydrogens is 606 g/mol. The first-order valence-corrected chi connectivity index (χ1v) is 16.9. The summed E-state index contributed by atoms with van der Waals surface area (Å²) in [5.74, 6) is -3.41. The summed E-state index contributed by atoms with van der Waals surface area (Å²) in [7, 11) is 1.77. The first kappa shape index (κ1) is 32.1. The average molecular weight is 653 g/mol. The van der Waals surface area contributed by atoms with E-state index in [4.69, 9.17) is 14.6 Å². The molecule has 254 valence electrons. The predicted molar refractivity (Wildman–Crippen MR) is 175 cm³/mol. The van der Waals surface area contributed by atoms with Crippen molar-refractivity contribution >= 4 is 28.6 Å². The highest BCUT2D eigenvalue weighted by Gasteiger charge is 2.78. The Bertz CT molecular complexity index is 1700. The van der Waals surface area contributed by atoms with Gasteiger partial charge in [0.25, 0.3) is 5.92 Å². The summed E-state index contributed by atoms with van der Waals surface area (Å²) in [5.41, 5.74) is 3.24. The molecule has 2 aliphatic carbocycles. The third kappa shape index (κ3) is 5.50. The Morgan fingerprint density at radius 3 is 2.57 bits per heavy atom. The van der Waals surface area contributed by atoms with Crippen LogP contribution < -0.4 is 4.90 Å². The van der Waals surface area contributed by atoms with Crippen molar-refractivity contribution in [3.8, 4) is 11.4 Å². The molecule has 0 spiro atoms. The van der Waals surface area contributed by atoms with E-state index in [9.17, 15) is 18.4 Å². The van der Waals surface area contributed by atoms with Crippen LogP contribution in [0.4, 0.5) is 19.3 Å². The molecule has 4 atom stereocenters. The Labute approximate surface area is 274 Å². The molecule has 2 aliphatic heterocycles. The van der Waals surface area contributed by atoms with E-state index in [0.717, 1.165) is 52.8 Å². The minimum absolute atomic E-state index is 0.0458. The molecule has 1 unspecified atom stereocenters. The van der Waals surface area contributed by atoms with E-state index in [-0.39, 0.29) is 24.3 Å².